The zero-order valence-electron chi connectivity index (χ0n) is 16.4. The molecule has 1 aromatic heterocycles. The lowest BCUT2D eigenvalue weighted by atomic mass is 10.1. The molecule has 0 amide bonds. The van der Waals surface area contributed by atoms with Gasteiger partial charge in [0, 0.05) is 7.05 Å². The monoisotopic (exact) mass is 380 g/mol. The minimum atomic E-state index is -0.250. The molecule has 0 saturated heterocycles. The summed E-state index contributed by atoms with van der Waals surface area (Å²) in [5.41, 5.74) is 2.10. The summed E-state index contributed by atoms with van der Waals surface area (Å²) in [5.74, 6) is 2.08. The number of benzene rings is 2. The van der Waals surface area contributed by atoms with Crippen LogP contribution in [0.1, 0.15) is 35.7 Å². The molecule has 1 heterocycles. The molecule has 1 atom stereocenters. The number of hydrogen-bond acceptors (Lipinski definition) is 3. The van der Waals surface area contributed by atoms with Crippen LogP contribution in [-0.2, 0) is 20.1 Å². The van der Waals surface area contributed by atoms with E-state index in [0.29, 0.717) is 19.0 Å². The Balaban J connectivity index is 1.73. The van der Waals surface area contributed by atoms with Crippen molar-refractivity contribution < 1.29 is 4.39 Å². The van der Waals surface area contributed by atoms with Crippen molar-refractivity contribution in [2.45, 2.75) is 33.0 Å². The third-order valence-corrected chi connectivity index (χ3v) is 4.58. The Morgan fingerprint density at radius 2 is 1.82 bits per heavy atom. The molecule has 0 aliphatic heterocycles. The fourth-order valence-corrected chi connectivity index (χ4v) is 2.71. The zero-order valence-corrected chi connectivity index (χ0v) is 16.4. The fraction of sp³-hybridized carbons (Fsp3) is 0.286. The van der Waals surface area contributed by atoms with Gasteiger partial charge in [-0.15, -0.1) is 10.2 Å². The molecule has 3 aromatic rings. The van der Waals surface area contributed by atoms with Crippen LogP contribution in [0.2, 0.25) is 0 Å². The van der Waals surface area contributed by atoms with Gasteiger partial charge in [-0.05, 0) is 37.1 Å². The van der Waals surface area contributed by atoms with Crippen LogP contribution >= 0.6 is 0 Å². The summed E-state index contributed by atoms with van der Waals surface area (Å²) in [5, 5.41) is 15.0. The Kier molecular flexibility index (Phi) is 6.37. The van der Waals surface area contributed by atoms with Crippen molar-refractivity contribution in [3.8, 4) is 0 Å². The van der Waals surface area contributed by atoms with E-state index in [4.69, 9.17) is 0 Å². The molecule has 1 unspecified atom stereocenters. The van der Waals surface area contributed by atoms with E-state index in [1.807, 2.05) is 36.7 Å². The number of halogens is 1. The van der Waals surface area contributed by atoms with Gasteiger partial charge in [0.1, 0.15) is 11.6 Å². The van der Waals surface area contributed by atoms with Crippen LogP contribution in [0.5, 0.6) is 0 Å². The van der Waals surface area contributed by atoms with Crippen molar-refractivity contribution in [2.75, 3.05) is 0 Å². The molecule has 2 N–H and O–H groups in total. The maximum Gasteiger partial charge on any atom is 0.192 e. The molecule has 146 valence electrons. The summed E-state index contributed by atoms with van der Waals surface area (Å²) in [6, 6.07) is 16.6. The number of nitrogens with one attached hydrogen (secondary N) is 2. The molecule has 3 rings (SSSR count). The highest BCUT2D eigenvalue weighted by Crippen LogP contribution is 2.11. The van der Waals surface area contributed by atoms with Crippen molar-refractivity contribution in [2.24, 2.45) is 12.0 Å². The van der Waals surface area contributed by atoms with Gasteiger partial charge >= 0.3 is 0 Å². The Labute approximate surface area is 164 Å². The maximum absolute atomic E-state index is 13.1. The van der Waals surface area contributed by atoms with Crippen LogP contribution in [-0.4, -0.2) is 20.7 Å². The predicted molar refractivity (Wildman–Crippen MR) is 108 cm³/mol. The van der Waals surface area contributed by atoms with Crippen molar-refractivity contribution in [3.63, 3.8) is 0 Å². The van der Waals surface area contributed by atoms with Crippen LogP contribution in [0.25, 0.3) is 0 Å². The molecule has 2 aromatic carbocycles. The van der Waals surface area contributed by atoms with Gasteiger partial charge in [-0.25, -0.2) is 9.38 Å². The lowest BCUT2D eigenvalue weighted by Gasteiger charge is -2.18. The quantitative estimate of drug-likeness (QED) is 0.509. The molecule has 7 heteroatoms. The molecule has 0 saturated carbocycles. The topological polar surface area (TPSA) is 67.1 Å². The highest BCUT2D eigenvalue weighted by Gasteiger charge is 2.10. The molecule has 0 radical (unpaired) electrons. The van der Waals surface area contributed by atoms with Gasteiger partial charge in [0.2, 0.25) is 0 Å². The van der Waals surface area contributed by atoms with Crippen molar-refractivity contribution >= 4 is 5.96 Å². The zero-order chi connectivity index (χ0) is 19.9. The minimum absolute atomic E-state index is 0.0712. The second kappa shape index (κ2) is 9.12. The number of aromatic nitrogens is 3. The van der Waals surface area contributed by atoms with Gasteiger partial charge < -0.3 is 15.2 Å². The number of aliphatic imine (C=N–C) groups is 1. The van der Waals surface area contributed by atoms with E-state index in [1.165, 1.54) is 12.1 Å². The van der Waals surface area contributed by atoms with Gasteiger partial charge in [0.15, 0.2) is 11.8 Å². The summed E-state index contributed by atoms with van der Waals surface area (Å²) in [6.07, 6.45) is 0. The summed E-state index contributed by atoms with van der Waals surface area (Å²) in [6.45, 7) is 4.93. The normalized spacial score (nSPS) is 12.6. The molecule has 0 fully saturated rings. The molecular weight excluding hydrogens is 355 g/mol. The van der Waals surface area contributed by atoms with Gasteiger partial charge in [-0.1, -0.05) is 42.5 Å². The molecule has 6 nitrogen and oxygen atoms in total. The van der Waals surface area contributed by atoms with E-state index in [0.717, 1.165) is 22.8 Å². The van der Waals surface area contributed by atoms with E-state index in [9.17, 15) is 4.39 Å². The van der Waals surface area contributed by atoms with Crippen molar-refractivity contribution in [1.29, 1.82) is 0 Å². The van der Waals surface area contributed by atoms with E-state index in [-0.39, 0.29) is 11.9 Å². The SMILES string of the molecule is Cc1nnc(CNC(=NCc2ccc(F)cc2)NC(C)c2ccccc2)n1C. The third kappa shape index (κ3) is 5.16. The van der Waals surface area contributed by atoms with Crippen LogP contribution in [0.15, 0.2) is 59.6 Å². The van der Waals surface area contributed by atoms with Gasteiger partial charge in [-0.3, -0.25) is 0 Å². The van der Waals surface area contributed by atoms with E-state index in [1.54, 1.807) is 12.1 Å². The van der Waals surface area contributed by atoms with Gasteiger partial charge in [0.25, 0.3) is 0 Å². The van der Waals surface area contributed by atoms with Crippen molar-refractivity contribution in [1.82, 2.24) is 25.4 Å². The first-order valence-electron chi connectivity index (χ1n) is 9.22. The summed E-state index contributed by atoms with van der Waals surface area (Å²) in [7, 11) is 1.93. The smallest absolute Gasteiger partial charge is 0.192 e. The Hall–Kier alpha value is -3.22. The third-order valence-electron chi connectivity index (χ3n) is 4.58. The van der Waals surface area contributed by atoms with Gasteiger partial charge in [-0.2, -0.15) is 0 Å². The molecule has 0 bridgehead atoms. The minimum Gasteiger partial charge on any atom is -0.350 e. The van der Waals surface area contributed by atoms with Crippen molar-refractivity contribution in [3.05, 3.63) is 83.2 Å². The molecule has 28 heavy (non-hydrogen) atoms. The number of aryl methyl sites for hydroxylation is 1. The fourth-order valence-electron chi connectivity index (χ4n) is 2.71. The largest absolute Gasteiger partial charge is 0.350 e. The second-order valence-corrected chi connectivity index (χ2v) is 6.64. The molecule has 0 spiro atoms. The van der Waals surface area contributed by atoms with Crippen LogP contribution < -0.4 is 10.6 Å². The Bertz CT molecular complexity index is 918. The lowest BCUT2D eigenvalue weighted by molar-refractivity contribution is 0.627. The summed E-state index contributed by atoms with van der Waals surface area (Å²) in [4.78, 5) is 4.66. The van der Waals surface area contributed by atoms with Crippen LogP contribution in [0.4, 0.5) is 4.39 Å². The molecule has 0 aliphatic carbocycles. The predicted octanol–water partition coefficient (Wildman–Crippen LogP) is 3.26. The number of hydrogen-bond donors (Lipinski definition) is 2. The highest BCUT2D eigenvalue weighted by atomic mass is 19.1. The Morgan fingerprint density at radius 3 is 2.46 bits per heavy atom. The first-order chi connectivity index (χ1) is 13.5. The maximum atomic E-state index is 13.1. The van der Waals surface area contributed by atoms with E-state index >= 15 is 0 Å². The lowest BCUT2D eigenvalue weighted by Crippen LogP contribution is -2.39. The van der Waals surface area contributed by atoms with E-state index < -0.39 is 0 Å². The average Bonchev–Trinajstić information content (AvgIpc) is 3.04. The molecular formula is C21H25FN6. The number of rotatable bonds is 6. The Morgan fingerprint density at radius 1 is 1.11 bits per heavy atom. The molecule has 0 aliphatic rings. The summed E-state index contributed by atoms with van der Waals surface area (Å²) < 4.78 is 15.1. The highest BCUT2D eigenvalue weighted by molar-refractivity contribution is 5.80. The first kappa shape index (κ1) is 19.5. The van der Waals surface area contributed by atoms with Gasteiger partial charge in [0.05, 0.1) is 19.1 Å². The number of guanidine groups is 1. The average molecular weight is 380 g/mol. The van der Waals surface area contributed by atoms with Crippen LogP contribution in [0.3, 0.4) is 0 Å². The van der Waals surface area contributed by atoms with Crippen LogP contribution in [0, 0.1) is 12.7 Å². The first-order valence-corrected chi connectivity index (χ1v) is 9.22. The second-order valence-electron chi connectivity index (χ2n) is 6.64. The number of nitrogens with zero attached hydrogens (tertiary/aromatic N) is 4. The standard InChI is InChI=1S/C21H25FN6/c1-15(18-7-5-4-6-8-18)25-21(23-13-17-9-11-19(22)12-10-17)24-14-20-27-26-16(2)28(20)3/h4-12,15H,13-14H2,1-3H3,(H2,23,24,25). The van der Waals surface area contributed by atoms with E-state index in [2.05, 4.69) is 44.9 Å². The summed E-state index contributed by atoms with van der Waals surface area (Å²) >= 11 is 0.